The van der Waals surface area contributed by atoms with Crippen molar-refractivity contribution in [1.82, 2.24) is 0 Å². The van der Waals surface area contributed by atoms with Crippen LogP contribution in [0.5, 0.6) is 0 Å². The molecule has 0 heterocycles. The van der Waals surface area contributed by atoms with Crippen molar-refractivity contribution in [3.05, 3.63) is 158 Å². The van der Waals surface area contributed by atoms with Gasteiger partial charge in [0.2, 0.25) is 0 Å². The van der Waals surface area contributed by atoms with Crippen LogP contribution < -0.4 is 0 Å². The molecule has 19 heteroatoms. The van der Waals surface area contributed by atoms with Gasteiger partial charge in [0.1, 0.15) is 19.3 Å². The van der Waals surface area contributed by atoms with Crippen LogP contribution >= 0.6 is 15.6 Å². The van der Waals surface area contributed by atoms with Crippen molar-refractivity contribution < 1.29 is 80.2 Å². The molecule has 0 rings (SSSR count). The normalized spacial score (nSPS) is 14.8. The van der Waals surface area contributed by atoms with E-state index >= 15 is 0 Å². The third-order valence-electron chi connectivity index (χ3n) is 15.5. The molecule has 0 aliphatic carbocycles. The van der Waals surface area contributed by atoms with Crippen LogP contribution in [0.15, 0.2) is 158 Å². The fraction of sp³-hybridized carbons (Fsp3) is 0.639. The fourth-order valence-corrected chi connectivity index (χ4v) is 11.3. The number of esters is 4. The predicted octanol–water partition coefficient (Wildman–Crippen LogP) is 22.4. The molecule has 0 saturated carbocycles. The predicted molar refractivity (Wildman–Crippen MR) is 417 cm³/mol. The fourth-order valence-electron chi connectivity index (χ4n) is 9.75. The maximum Gasteiger partial charge on any atom is 0.472 e. The molecule has 0 radical (unpaired) electrons. The molecule has 0 fully saturated rings. The zero-order valence-corrected chi connectivity index (χ0v) is 65.0. The molecule has 0 amide bonds. The number of aliphatic hydroxyl groups is 1. The first-order chi connectivity index (χ1) is 49.7. The Balaban J connectivity index is 5.46. The lowest BCUT2D eigenvalue weighted by Crippen LogP contribution is -2.30. The topological polar surface area (TPSA) is 237 Å². The molecular weight excluding hydrogens is 1330 g/mol. The van der Waals surface area contributed by atoms with Crippen LogP contribution in [0.1, 0.15) is 285 Å². The molecule has 580 valence electrons. The Hall–Kier alpha value is -5.32. The number of allylic oxidation sites excluding steroid dienone is 25. The quantitative estimate of drug-likeness (QED) is 0.0169. The molecule has 0 aliphatic rings. The first kappa shape index (κ1) is 96.7. The average molecular weight is 1470 g/mol. The number of carbonyl (C=O) groups is 4. The first-order valence-corrected chi connectivity index (χ1v) is 41.7. The summed E-state index contributed by atoms with van der Waals surface area (Å²) in [5, 5.41) is 10.6. The average Bonchev–Trinajstić information content (AvgIpc) is 0.909. The monoisotopic (exact) mass is 1470 g/mol. The summed E-state index contributed by atoms with van der Waals surface area (Å²) < 4.78 is 68.3. The van der Waals surface area contributed by atoms with Crippen LogP contribution in [-0.2, 0) is 65.4 Å². The van der Waals surface area contributed by atoms with Gasteiger partial charge in [-0.25, -0.2) is 9.13 Å². The Kier molecular flexibility index (Phi) is 70.1. The van der Waals surface area contributed by atoms with Crippen molar-refractivity contribution in [2.24, 2.45) is 0 Å². The molecule has 0 aromatic rings. The second kappa shape index (κ2) is 74.0. The summed E-state index contributed by atoms with van der Waals surface area (Å²) in [6, 6.07) is 0. The molecule has 0 bridgehead atoms. The summed E-state index contributed by atoms with van der Waals surface area (Å²) in [6.07, 6.45) is 85.5. The van der Waals surface area contributed by atoms with E-state index in [0.717, 1.165) is 148 Å². The lowest BCUT2D eigenvalue weighted by Gasteiger charge is -2.21. The van der Waals surface area contributed by atoms with Crippen LogP contribution in [0.2, 0.25) is 0 Å². The molecule has 3 N–H and O–H groups in total. The summed E-state index contributed by atoms with van der Waals surface area (Å²) in [5.41, 5.74) is 0. The van der Waals surface area contributed by atoms with Gasteiger partial charge in [-0.1, -0.05) is 288 Å². The number of aliphatic hydroxyl groups excluding tert-OH is 1. The zero-order valence-electron chi connectivity index (χ0n) is 63.2. The smallest absolute Gasteiger partial charge is 0.462 e. The van der Waals surface area contributed by atoms with Crippen LogP contribution in [0.4, 0.5) is 0 Å². The summed E-state index contributed by atoms with van der Waals surface area (Å²) in [4.78, 5) is 72.8. The molecule has 0 aliphatic heterocycles. The molecule has 5 atom stereocenters. The van der Waals surface area contributed by atoms with Crippen molar-refractivity contribution in [2.75, 3.05) is 39.6 Å². The van der Waals surface area contributed by atoms with E-state index in [1.165, 1.54) is 51.4 Å². The minimum atomic E-state index is -5.00. The van der Waals surface area contributed by atoms with E-state index in [1.807, 2.05) is 18.2 Å². The van der Waals surface area contributed by atoms with Crippen molar-refractivity contribution in [3.8, 4) is 0 Å². The van der Waals surface area contributed by atoms with Crippen LogP contribution in [0.25, 0.3) is 0 Å². The van der Waals surface area contributed by atoms with Gasteiger partial charge in [0, 0.05) is 19.3 Å². The maximum absolute atomic E-state index is 13.1. The van der Waals surface area contributed by atoms with E-state index in [0.29, 0.717) is 32.1 Å². The van der Waals surface area contributed by atoms with Crippen LogP contribution in [0, 0.1) is 0 Å². The summed E-state index contributed by atoms with van der Waals surface area (Å²) in [7, 11) is -10.0. The third-order valence-corrected chi connectivity index (χ3v) is 17.4. The number of phosphoric ester groups is 2. The Bertz CT molecular complexity index is 2550. The Labute approximate surface area is 617 Å². The van der Waals surface area contributed by atoms with E-state index in [2.05, 4.69) is 161 Å². The summed E-state index contributed by atoms with van der Waals surface area (Å²) >= 11 is 0. The maximum atomic E-state index is 13.1. The number of carbonyl (C=O) groups excluding carboxylic acids is 4. The van der Waals surface area contributed by atoms with Crippen LogP contribution in [0.3, 0.4) is 0 Å². The number of hydrogen-bond donors (Lipinski definition) is 3. The number of ether oxygens (including phenoxy) is 4. The first-order valence-electron chi connectivity index (χ1n) is 38.7. The lowest BCUT2D eigenvalue weighted by molar-refractivity contribution is -0.161. The zero-order chi connectivity index (χ0) is 74.6. The molecule has 0 aromatic heterocycles. The molecule has 0 spiro atoms. The van der Waals surface area contributed by atoms with Gasteiger partial charge in [0.25, 0.3) is 0 Å². The van der Waals surface area contributed by atoms with E-state index in [4.69, 9.17) is 37.0 Å². The van der Waals surface area contributed by atoms with Crippen molar-refractivity contribution in [1.29, 1.82) is 0 Å². The van der Waals surface area contributed by atoms with Crippen molar-refractivity contribution >= 4 is 39.5 Å². The highest BCUT2D eigenvalue weighted by atomic mass is 31.2. The SMILES string of the molecule is CC/C=C\C/C=C\C/C=C\C/C=C\C/C=C\CC(=O)OCC(COP(=O)(O)OCC(O)COP(=O)(O)OCC(COC(=O)CCCCCCCC/C=C\C/C=C\C/C=C\C/C=C\CC)OC(=O)CCCC/C=C\C/C=C\C/C=C\C/C=C\CC)OC(=O)CCCCCCCCCCCCCCC. The Morgan fingerprint density at radius 2 is 0.549 bits per heavy atom. The Morgan fingerprint density at radius 1 is 0.294 bits per heavy atom. The number of rotatable bonds is 71. The second-order valence-electron chi connectivity index (χ2n) is 25.2. The second-order valence-corrected chi connectivity index (χ2v) is 28.1. The van der Waals surface area contributed by atoms with Gasteiger partial charge >= 0.3 is 39.5 Å². The number of phosphoric acid groups is 2. The van der Waals surface area contributed by atoms with E-state index < -0.39 is 97.5 Å². The number of unbranched alkanes of at least 4 members (excludes halogenated alkanes) is 20. The Morgan fingerprint density at radius 3 is 0.892 bits per heavy atom. The highest BCUT2D eigenvalue weighted by Crippen LogP contribution is 2.45. The highest BCUT2D eigenvalue weighted by Gasteiger charge is 2.30. The van der Waals surface area contributed by atoms with Gasteiger partial charge in [0.05, 0.1) is 32.8 Å². The van der Waals surface area contributed by atoms with Gasteiger partial charge in [-0.3, -0.25) is 37.3 Å². The standard InChI is InChI=1S/C83H136O17P2/c1-5-9-13-17-21-25-29-33-36-37-38-39-42-45-48-52-56-60-64-68-81(86)94-74-79(100-83(88)70-66-62-58-54-50-46-41-35-31-27-23-19-15-11-7-3)76-98-102(91,92)96-72-77(84)71-95-101(89,90)97-75-78(99-82(87)69-65-61-57-53-49-43-32-28-24-20-16-12-8-4)73-93-80(85)67-63-59-55-51-47-44-40-34-30-26-22-18-14-10-6-2/h9-11,13-15,21-23,25-27,33-36,38-41,47,50-51,54,59,63,77-79,84H,5-8,12,16-20,24,28-32,37,42-46,48-49,52-53,55-58,60-62,64-76H2,1-4H3,(H,89,90)(H,91,92)/b13-9-,14-10-,15-11-,25-21-,26-22-,27-23-,36-33-,39-38-,40-34-,41-35-,51-47-,54-50-,63-59-. The molecule has 5 unspecified atom stereocenters. The van der Waals surface area contributed by atoms with Gasteiger partial charge < -0.3 is 33.8 Å². The molecular formula is C83H136O17P2. The molecule has 0 aromatic carbocycles. The van der Waals surface area contributed by atoms with E-state index in [1.54, 1.807) is 6.08 Å². The van der Waals surface area contributed by atoms with Gasteiger partial charge in [-0.15, -0.1) is 0 Å². The largest absolute Gasteiger partial charge is 0.472 e. The van der Waals surface area contributed by atoms with Gasteiger partial charge in [-0.2, -0.15) is 0 Å². The molecule has 102 heavy (non-hydrogen) atoms. The minimum absolute atomic E-state index is 0.0323. The van der Waals surface area contributed by atoms with Crippen molar-refractivity contribution in [2.45, 2.75) is 303 Å². The highest BCUT2D eigenvalue weighted by molar-refractivity contribution is 7.47. The van der Waals surface area contributed by atoms with Crippen LogP contribution in [-0.4, -0.2) is 96.7 Å². The van der Waals surface area contributed by atoms with E-state index in [9.17, 15) is 43.2 Å². The third kappa shape index (κ3) is 73.0. The lowest BCUT2D eigenvalue weighted by atomic mass is 10.0. The summed E-state index contributed by atoms with van der Waals surface area (Å²) in [5.74, 6) is -2.39. The van der Waals surface area contributed by atoms with Gasteiger partial charge in [-0.05, 0) is 128 Å². The van der Waals surface area contributed by atoms with Gasteiger partial charge in [0.15, 0.2) is 12.2 Å². The minimum Gasteiger partial charge on any atom is -0.462 e. The number of hydrogen-bond acceptors (Lipinski definition) is 15. The summed E-state index contributed by atoms with van der Waals surface area (Å²) in [6.45, 7) is 4.34. The molecule has 17 nitrogen and oxygen atoms in total. The molecule has 0 saturated heterocycles. The van der Waals surface area contributed by atoms with Crippen molar-refractivity contribution in [3.63, 3.8) is 0 Å². The van der Waals surface area contributed by atoms with E-state index in [-0.39, 0.29) is 25.7 Å².